The molecule has 0 saturated carbocycles. The summed E-state index contributed by atoms with van der Waals surface area (Å²) in [6.45, 7) is 7.40. The molecule has 3 N–H and O–H groups in total. The largest absolute Gasteiger partial charge is 0.481 e. The van der Waals surface area contributed by atoms with Crippen LogP contribution in [0.2, 0.25) is 0 Å². The van der Waals surface area contributed by atoms with Gasteiger partial charge in [0.15, 0.2) is 0 Å². The van der Waals surface area contributed by atoms with Crippen molar-refractivity contribution in [2.24, 2.45) is 5.41 Å². The Morgan fingerprint density at radius 3 is 2.33 bits per heavy atom. The molecule has 0 bridgehead atoms. The SMILES string of the molecule is CCC(CC)(CNC(=O)Nc1ccc(C)nc1C)C(=O)O. The number of carbonyl (C=O) groups is 2. The summed E-state index contributed by atoms with van der Waals surface area (Å²) in [5, 5.41) is 14.6. The van der Waals surface area contributed by atoms with Crippen LogP contribution in [0.15, 0.2) is 12.1 Å². The summed E-state index contributed by atoms with van der Waals surface area (Å²) in [4.78, 5) is 27.5. The van der Waals surface area contributed by atoms with Crippen LogP contribution in [0, 0.1) is 19.3 Å². The third-order valence-corrected chi connectivity index (χ3v) is 3.87. The summed E-state index contributed by atoms with van der Waals surface area (Å²) in [6.07, 6.45) is 0.925. The lowest BCUT2D eigenvalue weighted by Crippen LogP contribution is -2.43. The first-order valence-corrected chi connectivity index (χ1v) is 7.07. The monoisotopic (exact) mass is 293 g/mol. The summed E-state index contributed by atoms with van der Waals surface area (Å²) >= 11 is 0. The highest BCUT2D eigenvalue weighted by molar-refractivity contribution is 5.90. The number of anilines is 1. The van der Waals surface area contributed by atoms with Crippen molar-refractivity contribution in [2.75, 3.05) is 11.9 Å². The second kappa shape index (κ2) is 7.06. The van der Waals surface area contributed by atoms with E-state index in [9.17, 15) is 14.7 Å². The van der Waals surface area contributed by atoms with Crippen molar-refractivity contribution in [3.63, 3.8) is 0 Å². The number of urea groups is 1. The number of aryl methyl sites for hydroxylation is 2. The fourth-order valence-electron chi connectivity index (χ4n) is 2.11. The molecular weight excluding hydrogens is 270 g/mol. The van der Waals surface area contributed by atoms with E-state index in [0.29, 0.717) is 18.5 Å². The highest BCUT2D eigenvalue weighted by Crippen LogP contribution is 2.25. The van der Waals surface area contributed by atoms with Gasteiger partial charge in [-0.15, -0.1) is 0 Å². The van der Waals surface area contributed by atoms with Gasteiger partial charge in [0, 0.05) is 12.2 Å². The van der Waals surface area contributed by atoms with Crippen LogP contribution in [0.25, 0.3) is 0 Å². The molecule has 1 heterocycles. The van der Waals surface area contributed by atoms with E-state index >= 15 is 0 Å². The molecule has 0 atom stereocenters. The fourth-order valence-corrected chi connectivity index (χ4v) is 2.11. The second-order valence-electron chi connectivity index (χ2n) is 5.19. The molecule has 0 radical (unpaired) electrons. The molecule has 0 aliphatic carbocycles. The first-order chi connectivity index (χ1) is 9.84. The van der Waals surface area contributed by atoms with E-state index in [2.05, 4.69) is 15.6 Å². The Kier molecular flexibility index (Phi) is 5.69. The van der Waals surface area contributed by atoms with E-state index in [-0.39, 0.29) is 6.54 Å². The van der Waals surface area contributed by atoms with Gasteiger partial charge >= 0.3 is 12.0 Å². The number of nitrogens with zero attached hydrogens (tertiary/aromatic N) is 1. The molecular formula is C15H23N3O3. The summed E-state index contributed by atoms with van der Waals surface area (Å²) in [6, 6.07) is 3.17. The maximum absolute atomic E-state index is 11.9. The van der Waals surface area contributed by atoms with Crippen molar-refractivity contribution < 1.29 is 14.7 Å². The van der Waals surface area contributed by atoms with Crippen LogP contribution in [-0.4, -0.2) is 28.6 Å². The number of rotatable bonds is 6. The molecule has 6 heteroatoms. The Balaban J connectivity index is 2.67. The number of hydrogen-bond acceptors (Lipinski definition) is 3. The molecule has 0 aromatic carbocycles. The first kappa shape index (κ1) is 16.9. The summed E-state index contributed by atoms with van der Waals surface area (Å²) < 4.78 is 0. The highest BCUT2D eigenvalue weighted by atomic mass is 16.4. The number of carboxylic acids is 1. The second-order valence-corrected chi connectivity index (χ2v) is 5.19. The number of pyridine rings is 1. The molecule has 1 aromatic heterocycles. The Morgan fingerprint density at radius 1 is 1.24 bits per heavy atom. The smallest absolute Gasteiger partial charge is 0.319 e. The predicted octanol–water partition coefficient (Wildman–Crippen LogP) is 2.71. The molecule has 1 rings (SSSR count). The van der Waals surface area contributed by atoms with E-state index in [4.69, 9.17) is 0 Å². The van der Waals surface area contributed by atoms with Crippen molar-refractivity contribution in [1.29, 1.82) is 0 Å². The van der Waals surface area contributed by atoms with E-state index in [0.717, 1.165) is 11.4 Å². The molecule has 1 aromatic rings. The lowest BCUT2D eigenvalue weighted by molar-refractivity contribution is -0.149. The quantitative estimate of drug-likeness (QED) is 0.752. The summed E-state index contributed by atoms with van der Waals surface area (Å²) in [5.74, 6) is -0.888. The first-order valence-electron chi connectivity index (χ1n) is 7.07. The number of carbonyl (C=O) groups excluding carboxylic acids is 1. The number of aliphatic carboxylic acids is 1. The number of aromatic nitrogens is 1. The van der Waals surface area contributed by atoms with Crippen LogP contribution in [0.1, 0.15) is 38.1 Å². The van der Waals surface area contributed by atoms with Crippen LogP contribution in [0.3, 0.4) is 0 Å². The van der Waals surface area contributed by atoms with Gasteiger partial charge in [-0.25, -0.2) is 4.79 Å². The molecule has 116 valence electrons. The van der Waals surface area contributed by atoms with Gasteiger partial charge in [-0.1, -0.05) is 13.8 Å². The number of nitrogens with one attached hydrogen (secondary N) is 2. The zero-order valence-electron chi connectivity index (χ0n) is 13.0. The van der Waals surface area contributed by atoms with Gasteiger partial charge in [0.05, 0.1) is 16.8 Å². The van der Waals surface area contributed by atoms with Crippen LogP contribution < -0.4 is 10.6 Å². The summed E-state index contributed by atoms with van der Waals surface area (Å²) in [5.41, 5.74) is 1.30. The van der Waals surface area contributed by atoms with Gasteiger partial charge in [0.25, 0.3) is 0 Å². The molecule has 21 heavy (non-hydrogen) atoms. The lowest BCUT2D eigenvalue weighted by Gasteiger charge is -2.26. The van der Waals surface area contributed by atoms with Crippen molar-refractivity contribution in [1.82, 2.24) is 10.3 Å². The highest BCUT2D eigenvalue weighted by Gasteiger charge is 2.35. The third kappa shape index (κ3) is 4.18. The van der Waals surface area contributed by atoms with Crippen molar-refractivity contribution in [2.45, 2.75) is 40.5 Å². The summed E-state index contributed by atoms with van der Waals surface area (Å²) in [7, 11) is 0. The zero-order valence-corrected chi connectivity index (χ0v) is 13.0. The van der Waals surface area contributed by atoms with Gasteiger partial charge in [-0.05, 0) is 38.8 Å². The van der Waals surface area contributed by atoms with Crippen LogP contribution in [-0.2, 0) is 4.79 Å². The molecule has 0 fully saturated rings. The topological polar surface area (TPSA) is 91.3 Å². The van der Waals surface area contributed by atoms with Crippen molar-refractivity contribution in [3.05, 3.63) is 23.5 Å². The third-order valence-electron chi connectivity index (χ3n) is 3.87. The fraction of sp³-hybridized carbons (Fsp3) is 0.533. The Labute approximate surface area is 125 Å². The Hall–Kier alpha value is -2.11. The Bertz CT molecular complexity index is 525. The van der Waals surface area contributed by atoms with E-state index in [1.54, 1.807) is 6.07 Å². The van der Waals surface area contributed by atoms with Crippen LogP contribution >= 0.6 is 0 Å². The molecule has 0 aliphatic rings. The van der Waals surface area contributed by atoms with Gasteiger partial charge in [-0.3, -0.25) is 9.78 Å². The number of hydrogen-bond donors (Lipinski definition) is 3. The lowest BCUT2D eigenvalue weighted by atomic mass is 9.82. The number of amides is 2. The Morgan fingerprint density at radius 2 is 1.86 bits per heavy atom. The van der Waals surface area contributed by atoms with Gasteiger partial charge in [0.1, 0.15) is 0 Å². The van der Waals surface area contributed by atoms with E-state index in [1.807, 2.05) is 33.8 Å². The normalized spacial score (nSPS) is 11.0. The molecule has 0 aliphatic heterocycles. The van der Waals surface area contributed by atoms with Gasteiger partial charge in [0.2, 0.25) is 0 Å². The van der Waals surface area contributed by atoms with Crippen molar-refractivity contribution in [3.8, 4) is 0 Å². The number of carboxylic acid groups (broad SMARTS) is 1. The van der Waals surface area contributed by atoms with E-state index in [1.165, 1.54) is 0 Å². The van der Waals surface area contributed by atoms with Crippen molar-refractivity contribution >= 4 is 17.7 Å². The predicted molar refractivity (Wildman–Crippen MR) is 81.4 cm³/mol. The van der Waals surface area contributed by atoms with Gasteiger partial charge in [-0.2, -0.15) is 0 Å². The minimum Gasteiger partial charge on any atom is -0.481 e. The minimum absolute atomic E-state index is 0.0967. The van der Waals surface area contributed by atoms with Crippen LogP contribution in [0.4, 0.5) is 10.5 Å². The standard InChI is InChI=1S/C15H23N3O3/c1-5-15(6-2,13(19)20)9-16-14(21)18-12-8-7-10(3)17-11(12)4/h7-8H,5-6,9H2,1-4H3,(H,19,20)(H2,16,18,21). The minimum atomic E-state index is -0.919. The maximum atomic E-state index is 11.9. The molecule has 0 saturated heterocycles. The van der Waals surface area contributed by atoms with Gasteiger partial charge < -0.3 is 15.7 Å². The van der Waals surface area contributed by atoms with E-state index < -0.39 is 17.4 Å². The average molecular weight is 293 g/mol. The molecule has 2 amide bonds. The zero-order chi connectivity index (χ0) is 16.0. The molecule has 0 unspecified atom stereocenters. The average Bonchev–Trinajstić information content (AvgIpc) is 2.43. The molecule has 0 spiro atoms. The molecule has 6 nitrogen and oxygen atoms in total. The maximum Gasteiger partial charge on any atom is 0.319 e. The van der Waals surface area contributed by atoms with Crippen LogP contribution in [0.5, 0.6) is 0 Å².